The lowest BCUT2D eigenvalue weighted by molar-refractivity contribution is -0.593. The van der Waals surface area contributed by atoms with Crippen LogP contribution in [-0.4, -0.2) is 16.3 Å². The summed E-state index contributed by atoms with van der Waals surface area (Å²) in [6.45, 7) is 5.09. The molecule has 0 saturated carbocycles. The highest BCUT2D eigenvalue weighted by Gasteiger charge is 2.22. The zero-order valence-electron chi connectivity index (χ0n) is 9.10. The molecule has 0 saturated heterocycles. The predicted molar refractivity (Wildman–Crippen MR) is 56.6 cm³/mol. The Morgan fingerprint density at radius 1 is 1.27 bits per heavy atom. The number of hydrogen-bond donors (Lipinski definition) is 0. The van der Waals surface area contributed by atoms with E-state index in [9.17, 15) is 10.0 Å². The van der Waals surface area contributed by atoms with Gasteiger partial charge in [0.25, 0.3) is 0 Å². The molecule has 0 atom stereocenters. The van der Waals surface area contributed by atoms with Crippen molar-refractivity contribution in [2.24, 2.45) is 5.11 Å². The van der Waals surface area contributed by atoms with Crippen LogP contribution < -0.4 is 0 Å². The van der Waals surface area contributed by atoms with Gasteiger partial charge in [-0.2, -0.15) is 0 Å². The summed E-state index contributed by atoms with van der Waals surface area (Å²) in [5, 5.41) is 14.8. The normalized spacial score (nSPS) is 12.6. The average Bonchev–Trinajstić information content (AvgIpc) is 2.17. The first-order valence-corrected chi connectivity index (χ1v) is 4.69. The van der Waals surface area contributed by atoms with Crippen LogP contribution in [-0.2, 0) is 0 Å². The van der Waals surface area contributed by atoms with Crippen LogP contribution in [0.25, 0.3) is 0 Å². The fraction of sp³-hybridized carbons (Fsp3) is 0.364. The van der Waals surface area contributed by atoms with Crippen LogP contribution in [0.2, 0.25) is 0 Å². The molecular formula is C11H14N2O2. The molecular weight excluding hydrogens is 192 g/mol. The molecule has 0 N–H and O–H groups in total. The number of amides is 1. The van der Waals surface area contributed by atoms with Crippen LogP contribution in [0.1, 0.15) is 31.1 Å². The fourth-order valence-electron chi connectivity index (χ4n) is 0.871. The molecule has 4 nitrogen and oxygen atoms in total. The molecule has 1 rings (SSSR count). The molecule has 0 bridgehead atoms. The van der Waals surface area contributed by atoms with Gasteiger partial charge in [0.05, 0.1) is 5.11 Å². The molecule has 0 unspecified atom stereocenters. The van der Waals surface area contributed by atoms with Gasteiger partial charge in [-0.1, -0.05) is 23.1 Å². The fourth-order valence-corrected chi connectivity index (χ4v) is 0.871. The summed E-state index contributed by atoms with van der Waals surface area (Å²) >= 11 is 0. The second-order valence-corrected chi connectivity index (χ2v) is 4.21. The van der Waals surface area contributed by atoms with Crippen molar-refractivity contribution >= 4 is 5.91 Å². The maximum Gasteiger partial charge on any atom is 0.340 e. The zero-order chi connectivity index (χ0) is 11.5. The number of hydroxylamine groups is 1. The standard InChI is InChI=1S/C11H14N2O2/c1-11(2,3)13(15)12-10(14)9-7-5-4-6-8-9/h4-8H,1-3H3. The van der Waals surface area contributed by atoms with Crippen molar-refractivity contribution in [3.63, 3.8) is 0 Å². The van der Waals surface area contributed by atoms with E-state index in [1.54, 1.807) is 51.1 Å². The van der Waals surface area contributed by atoms with Crippen LogP contribution in [0.4, 0.5) is 0 Å². The van der Waals surface area contributed by atoms with E-state index in [0.717, 1.165) is 0 Å². The topological polar surface area (TPSA) is 55.5 Å². The number of nitrogens with zero attached hydrogens (tertiary/aromatic N) is 2. The predicted octanol–water partition coefficient (Wildman–Crippen LogP) is 2.59. The minimum Gasteiger partial charge on any atom is -0.599 e. The first kappa shape index (κ1) is 11.4. The van der Waals surface area contributed by atoms with Gasteiger partial charge in [-0.3, -0.25) is 4.79 Å². The number of hydrogen-bond acceptors (Lipinski definition) is 2. The molecule has 0 heterocycles. The summed E-state index contributed by atoms with van der Waals surface area (Å²) < 4.78 is 0. The molecule has 4 heteroatoms. The molecule has 0 radical (unpaired) electrons. The Kier molecular flexibility index (Phi) is 3.19. The summed E-state index contributed by atoms with van der Waals surface area (Å²) in [4.78, 5) is 11.9. The van der Waals surface area contributed by atoms with Crippen LogP contribution in [0.5, 0.6) is 0 Å². The molecule has 0 spiro atoms. The Morgan fingerprint density at radius 3 is 2.27 bits per heavy atom. The van der Waals surface area contributed by atoms with E-state index in [0.29, 0.717) is 10.4 Å². The van der Waals surface area contributed by atoms with Gasteiger partial charge < -0.3 is 5.21 Å². The summed E-state index contributed by atoms with van der Waals surface area (Å²) in [5.41, 5.74) is -0.271. The van der Waals surface area contributed by atoms with Crippen molar-refractivity contribution in [1.82, 2.24) is 0 Å². The second kappa shape index (κ2) is 4.21. The lowest BCUT2D eigenvalue weighted by atomic mass is 10.1. The van der Waals surface area contributed by atoms with Gasteiger partial charge in [-0.25, -0.2) is 0 Å². The van der Waals surface area contributed by atoms with Gasteiger partial charge in [-0.15, -0.1) is 0 Å². The van der Waals surface area contributed by atoms with Crippen LogP contribution >= 0.6 is 0 Å². The van der Waals surface area contributed by atoms with E-state index in [-0.39, 0.29) is 0 Å². The number of carbonyl (C=O) groups excluding carboxylic acids is 1. The van der Waals surface area contributed by atoms with Crippen molar-refractivity contribution in [2.45, 2.75) is 26.3 Å². The van der Waals surface area contributed by atoms with Gasteiger partial charge >= 0.3 is 5.91 Å². The summed E-state index contributed by atoms with van der Waals surface area (Å²) in [5.74, 6) is -0.513. The summed E-state index contributed by atoms with van der Waals surface area (Å²) in [6.07, 6.45) is 0. The van der Waals surface area contributed by atoms with Crippen LogP contribution in [0.3, 0.4) is 0 Å². The molecule has 80 valence electrons. The number of carbonyl (C=O) groups is 1. The Labute approximate surface area is 88.8 Å². The zero-order valence-corrected chi connectivity index (χ0v) is 9.10. The van der Waals surface area contributed by atoms with Gasteiger partial charge in [-0.05, 0) is 12.1 Å². The highest BCUT2D eigenvalue weighted by Crippen LogP contribution is 2.08. The second-order valence-electron chi connectivity index (χ2n) is 4.21. The molecule has 0 aliphatic heterocycles. The molecule has 0 aliphatic carbocycles. The van der Waals surface area contributed by atoms with E-state index in [1.165, 1.54) is 0 Å². The van der Waals surface area contributed by atoms with Crippen molar-refractivity contribution in [3.05, 3.63) is 41.1 Å². The third kappa shape index (κ3) is 3.16. The van der Waals surface area contributed by atoms with Gasteiger partial charge in [0.15, 0.2) is 5.54 Å². The van der Waals surface area contributed by atoms with Crippen LogP contribution in [0.15, 0.2) is 35.4 Å². The van der Waals surface area contributed by atoms with E-state index in [4.69, 9.17) is 0 Å². The SMILES string of the molecule is CC(C)(C)[N+]([O-])=NC(=O)c1ccccc1. The van der Waals surface area contributed by atoms with E-state index in [1.807, 2.05) is 0 Å². The van der Waals surface area contributed by atoms with Gasteiger partial charge in [0.2, 0.25) is 0 Å². The van der Waals surface area contributed by atoms with Gasteiger partial charge in [0.1, 0.15) is 0 Å². The largest absolute Gasteiger partial charge is 0.599 e. The molecule has 15 heavy (non-hydrogen) atoms. The number of benzene rings is 1. The summed E-state index contributed by atoms with van der Waals surface area (Å²) in [6, 6.07) is 8.52. The van der Waals surface area contributed by atoms with Crippen molar-refractivity contribution in [1.29, 1.82) is 0 Å². The molecule has 1 aromatic rings. The first-order valence-electron chi connectivity index (χ1n) is 4.69. The molecule has 1 aromatic carbocycles. The third-order valence-corrected chi connectivity index (χ3v) is 1.78. The molecule has 0 fully saturated rings. The maximum atomic E-state index is 11.5. The van der Waals surface area contributed by atoms with E-state index < -0.39 is 11.4 Å². The number of rotatable bonds is 1. The smallest absolute Gasteiger partial charge is 0.340 e. The minimum absolute atomic E-state index is 0.419. The van der Waals surface area contributed by atoms with Crippen LogP contribution in [0, 0.1) is 5.21 Å². The summed E-state index contributed by atoms with van der Waals surface area (Å²) in [7, 11) is 0. The highest BCUT2D eigenvalue weighted by atomic mass is 16.5. The lowest BCUT2D eigenvalue weighted by Gasteiger charge is -2.14. The van der Waals surface area contributed by atoms with Crippen molar-refractivity contribution in [3.8, 4) is 0 Å². The first-order chi connectivity index (χ1) is 6.91. The number of azo groups is 1. The average molecular weight is 206 g/mol. The third-order valence-electron chi connectivity index (χ3n) is 1.78. The van der Waals surface area contributed by atoms with E-state index in [2.05, 4.69) is 5.11 Å². The minimum atomic E-state index is -0.690. The Bertz CT molecular complexity index is 377. The monoisotopic (exact) mass is 206 g/mol. The maximum absolute atomic E-state index is 11.5. The van der Waals surface area contributed by atoms with Crippen molar-refractivity contribution in [2.75, 3.05) is 0 Å². The quantitative estimate of drug-likeness (QED) is 0.403. The molecule has 0 aliphatic rings. The van der Waals surface area contributed by atoms with E-state index >= 15 is 0 Å². The Morgan fingerprint density at radius 2 is 1.80 bits per heavy atom. The van der Waals surface area contributed by atoms with Crippen molar-refractivity contribution < 1.29 is 9.66 Å². The Hall–Kier alpha value is -1.71. The van der Waals surface area contributed by atoms with Gasteiger partial charge in [0, 0.05) is 26.3 Å². The molecule has 1 amide bonds. The highest BCUT2D eigenvalue weighted by molar-refractivity contribution is 5.94. The lowest BCUT2D eigenvalue weighted by Crippen LogP contribution is -2.28. The Balaban J connectivity index is 2.90. The molecule has 0 aromatic heterocycles.